The molecule has 0 spiro atoms. The molecule has 2 heterocycles. The highest BCUT2D eigenvalue weighted by Crippen LogP contribution is 2.48. The fourth-order valence-corrected chi connectivity index (χ4v) is 8.11. The average molecular weight is 649 g/mol. The molecule has 8 aromatic carbocycles. The summed E-state index contributed by atoms with van der Waals surface area (Å²) in [7, 11) is 0. The fourth-order valence-electron chi connectivity index (χ4n) is 8.11. The van der Waals surface area contributed by atoms with Gasteiger partial charge in [0.1, 0.15) is 0 Å². The molecule has 2 aromatic heterocycles. The van der Waals surface area contributed by atoms with Gasteiger partial charge >= 0.3 is 0 Å². The van der Waals surface area contributed by atoms with Crippen molar-refractivity contribution in [2.24, 2.45) is 0 Å². The molecule has 10 aromatic rings. The van der Waals surface area contributed by atoms with E-state index in [1.54, 1.807) is 0 Å². The van der Waals surface area contributed by atoms with Gasteiger partial charge < -0.3 is 4.57 Å². The van der Waals surface area contributed by atoms with Gasteiger partial charge in [0.05, 0.1) is 16.7 Å². The summed E-state index contributed by atoms with van der Waals surface area (Å²) in [4.78, 5) is 15.6. The van der Waals surface area contributed by atoms with Crippen molar-refractivity contribution in [3.05, 3.63) is 170 Å². The predicted octanol–water partition coefficient (Wildman–Crippen LogP) is 11.9. The maximum absolute atomic E-state index is 5.28. The largest absolute Gasteiger partial charge is 0.308 e. The van der Waals surface area contributed by atoms with Gasteiger partial charge in [0.2, 0.25) is 0 Å². The molecule has 0 aliphatic heterocycles. The molecular formula is C47H28N4. The van der Waals surface area contributed by atoms with Gasteiger partial charge in [-0.15, -0.1) is 0 Å². The highest BCUT2D eigenvalue weighted by molar-refractivity contribution is 6.19. The second-order valence-electron chi connectivity index (χ2n) is 13.2. The van der Waals surface area contributed by atoms with Gasteiger partial charge in [0, 0.05) is 32.8 Å². The highest BCUT2D eigenvalue weighted by atomic mass is 15.1. The van der Waals surface area contributed by atoms with Crippen LogP contribution in [0.1, 0.15) is 0 Å². The van der Waals surface area contributed by atoms with Crippen LogP contribution in [0.5, 0.6) is 0 Å². The van der Waals surface area contributed by atoms with Crippen molar-refractivity contribution in [2.75, 3.05) is 0 Å². The van der Waals surface area contributed by atoms with Crippen LogP contribution in [0, 0.1) is 0 Å². The lowest BCUT2D eigenvalue weighted by molar-refractivity contribution is 1.06. The van der Waals surface area contributed by atoms with Gasteiger partial charge in [-0.2, -0.15) is 0 Å². The molecule has 1 aliphatic carbocycles. The second-order valence-corrected chi connectivity index (χ2v) is 13.2. The van der Waals surface area contributed by atoms with Crippen molar-refractivity contribution in [3.63, 3.8) is 0 Å². The molecule has 0 N–H and O–H groups in total. The summed E-state index contributed by atoms with van der Waals surface area (Å²) in [5.41, 5.74) is 11.2. The first kappa shape index (κ1) is 28.0. The Balaban J connectivity index is 1.17. The predicted molar refractivity (Wildman–Crippen MR) is 210 cm³/mol. The van der Waals surface area contributed by atoms with Gasteiger partial charge in [-0.05, 0) is 62.7 Å². The maximum atomic E-state index is 5.28. The second kappa shape index (κ2) is 10.8. The lowest BCUT2D eigenvalue weighted by atomic mass is 10.0. The molecule has 51 heavy (non-hydrogen) atoms. The third kappa shape index (κ3) is 4.17. The molecule has 11 rings (SSSR count). The quantitative estimate of drug-likeness (QED) is 0.191. The average Bonchev–Trinajstić information content (AvgIpc) is 3.72. The summed E-state index contributed by atoms with van der Waals surface area (Å²) in [6.45, 7) is 0. The Hall–Kier alpha value is -6.91. The zero-order chi connectivity index (χ0) is 33.5. The van der Waals surface area contributed by atoms with Crippen LogP contribution >= 0.6 is 0 Å². The minimum atomic E-state index is 0.631. The molecule has 0 amide bonds. The van der Waals surface area contributed by atoms with E-state index >= 15 is 0 Å². The smallest absolute Gasteiger partial charge is 0.166 e. The summed E-state index contributed by atoms with van der Waals surface area (Å²) >= 11 is 0. The topological polar surface area (TPSA) is 43.6 Å². The molecule has 0 radical (unpaired) electrons. The van der Waals surface area contributed by atoms with Crippen molar-refractivity contribution < 1.29 is 0 Å². The normalized spacial score (nSPS) is 11.9. The Morgan fingerprint density at radius 1 is 0.353 bits per heavy atom. The Morgan fingerprint density at radius 2 is 1.00 bits per heavy atom. The molecule has 4 heteroatoms. The van der Waals surface area contributed by atoms with Gasteiger partial charge in [-0.1, -0.05) is 146 Å². The standard InChI is InChI=1S/C47H28N4/c1-2-13-31(14-3-1)45-48-46(32-25-26-34-36-20-10-15-30-16-11-21-37(43(30)36)40(34)28-32)50-47(49-45)39-19-7-9-23-42(39)51-41-22-8-6-18-35(41)38-27-24-29-12-4-5-17-33(29)44(38)51/h1-28H. The first-order valence-electron chi connectivity index (χ1n) is 17.3. The van der Waals surface area contributed by atoms with E-state index in [0.717, 1.165) is 27.9 Å². The van der Waals surface area contributed by atoms with Crippen LogP contribution in [0.2, 0.25) is 0 Å². The Bertz CT molecular complexity index is 3020. The van der Waals surface area contributed by atoms with Crippen LogP contribution in [0.3, 0.4) is 0 Å². The monoisotopic (exact) mass is 648 g/mol. The van der Waals surface area contributed by atoms with Crippen LogP contribution < -0.4 is 0 Å². The highest BCUT2D eigenvalue weighted by Gasteiger charge is 2.24. The van der Waals surface area contributed by atoms with E-state index in [-0.39, 0.29) is 0 Å². The van der Waals surface area contributed by atoms with E-state index in [2.05, 4.69) is 156 Å². The van der Waals surface area contributed by atoms with Gasteiger partial charge in [-0.3, -0.25) is 0 Å². The maximum Gasteiger partial charge on any atom is 0.166 e. The zero-order valence-electron chi connectivity index (χ0n) is 27.5. The van der Waals surface area contributed by atoms with Crippen LogP contribution in [0.25, 0.3) is 105 Å². The van der Waals surface area contributed by atoms with Crippen LogP contribution in [-0.4, -0.2) is 19.5 Å². The number of hydrogen-bond donors (Lipinski definition) is 0. The van der Waals surface area contributed by atoms with Crippen molar-refractivity contribution in [3.8, 4) is 62.1 Å². The summed E-state index contributed by atoms with van der Waals surface area (Å²) in [6.07, 6.45) is 0. The molecule has 0 atom stereocenters. The summed E-state index contributed by atoms with van der Waals surface area (Å²) in [6, 6.07) is 60.2. The number of aromatic nitrogens is 4. The number of nitrogens with zero attached hydrogens (tertiary/aromatic N) is 4. The molecule has 0 unspecified atom stereocenters. The molecule has 0 saturated carbocycles. The van der Waals surface area contributed by atoms with Crippen molar-refractivity contribution in [1.29, 1.82) is 0 Å². The van der Waals surface area contributed by atoms with E-state index < -0.39 is 0 Å². The fraction of sp³-hybridized carbons (Fsp3) is 0. The first-order chi connectivity index (χ1) is 25.3. The number of para-hydroxylation sites is 2. The van der Waals surface area contributed by atoms with Crippen LogP contribution in [0.15, 0.2) is 170 Å². The third-order valence-corrected chi connectivity index (χ3v) is 10.4. The van der Waals surface area contributed by atoms with Gasteiger partial charge in [0.25, 0.3) is 0 Å². The molecule has 0 bridgehead atoms. The van der Waals surface area contributed by atoms with E-state index in [9.17, 15) is 0 Å². The van der Waals surface area contributed by atoms with Crippen LogP contribution in [0.4, 0.5) is 0 Å². The number of benzene rings is 8. The number of fused-ring (bicyclic) bond motifs is 8. The zero-order valence-corrected chi connectivity index (χ0v) is 27.5. The Morgan fingerprint density at radius 3 is 1.86 bits per heavy atom. The van der Waals surface area contributed by atoms with Crippen molar-refractivity contribution in [1.82, 2.24) is 19.5 Å². The molecule has 0 saturated heterocycles. The summed E-state index contributed by atoms with van der Waals surface area (Å²) in [5.74, 6) is 1.92. The number of hydrogen-bond acceptors (Lipinski definition) is 3. The molecule has 1 aliphatic rings. The molecular weight excluding hydrogens is 621 g/mol. The first-order valence-corrected chi connectivity index (χ1v) is 17.3. The minimum absolute atomic E-state index is 0.631. The van der Waals surface area contributed by atoms with E-state index in [0.29, 0.717) is 17.5 Å². The summed E-state index contributed by atoms with van der Waals surface area (Å²) < 4.78 is 2.39. The van der Waals surface area contributed by atoms with Crippen molar-refractivity contribution >= 4 is 43.4 Å². The lowest BCUT2D eigenvalue weighted by Gasteiger charge is -2.15. The van der Waals surface area contributed by atoms with Gasteiger partial charge in [-0.25, -0.2) is 15.0 Å². The molecule has 4 nitrogen and oxygen atoms in total. The molecule has 0 fully saturated rings. The Labute approximate surface area is 294 Å². The lowest BCUT2D eigenvalue weighted by Crippen LogP contribution is -2.03. The SMILES string of the molecule is c1ccc(-c2nc(-c3ccc4c(c3)-c3cccc5cccc-4c35)nc(-c3ccccc3-n3c4ccccc4c4ccc5ccccc5c43)n2)cc1. The summed E-state index contributed by atoms with van der Waals surface area (Å²) in [5, 5.41) is 7.40. The third-order valence-electron chi connectivity index (χ3n) is 10.4. The van der Waals surface area contributed by atoms with Crippen molar-refractivity contribution in [2.45, 2.75) is 0 Å². The minimum Gasteiger partial charge on any atom is -0.308 e. The number of rotatable bonds is 4. The van der Waals surface area contributed by atoms with E-state index in [1.165, 1.54) is 60.1 Å². The molecule has 236 valence electrons. The van der Waals surface area contributed by atoms with Gasteiger partial charge in [0.15, 0.2) is 17.5 Å². The Kier molecular flexibility index (Phi) is 5.92. The van der Waals surface area contributed by atoms with E-state index in [1.807, 2.05) is 18.2 Å². The van der Waals surface area contributed by atoms with E-state index in [4.69, 9.17) is 15.0 Å². The van der Waals surface area contributed by atoms with Crippen LogP contribution in [-0.2, 0) is 0 Å².